The normalized spacial score (nSPS) is 15.8. The number of nitrogens with one attached hydrogen (secondary N) is 2. The van der Waals surface area contributed by atoms with E-state index in [4.69, 9.17) is 0 Å². The molecule has 30 heavy (non-hydrogen) atoms. The van der Waals surface area contributed by atoms with Gasteiger partial charge in [-0.1, -0.05) is 46.3 Å². The van der Waals surface area contributed by atoms with Crippen molar-refractivity contribution in [1.82, 2.24) is 14.5 Å². The van der Waals surface area contributed by atoms with Gasteiger partial charge in [0.25, 0.3) is 5.56 Å². The number of para-hydroxylation sites is 1. The van der Waals surface area contributed by atoms with Crippen LogP contribution in [0.2, 0.25) is 0 Å². The Balaban J connectivity index is 1.92. The maximum absolute atomic E-state index is 13.3. The number of hydrogen-bond acceptors (Lipinski definition) is 3. The number of carbonyl (C=O) groups is 1. The first-order chi connectivity index (χ1) is 14.4. The second-order valence-corrected chi connectivity index (χ2v) is 8.27. The first-order valence-electron chi connectivity index (χ1n) is 9.35. The maximum atomic E-state index is 13.3. The summed E-state index contributed by atoms with van der Waals surface area (Å²) in [6, 6.07) is 15.1. The van der Waals surface area contributed by atoms with E-state index in [0.717, 1.165) is 21.3 Å². The van der Waals surface area contributed by atoms with E-state index in [1.807, 2.05) is 48.5 Å². The van der Waals surface area contributed by atoms with E-state index >= 15 is 0 Å². The summed E-state index contributed by atoms with van der Waals surface area (Å²) in [6.45, 7) is 0. The molecule has 1 unspecified atom stereocenters. The van der Waals surface area contributed by atoms with E-state index in [2.05, 4.69) is 25.9 Å². The van der Waals surface area contributed by atoms with Gasteiger partial charge in [-0.25, -0.2) is 4.79 Å². The molecule has 0 spiro atoms. The fraction of sp³-hybridized carbons (Fsp3) is 0.136. The summed E-state index contributed by atoms with van der Waals surface area (Å²) in [5, 5.41) is 0.318. The number of anilines is 1. The van der Waals surface area contributed by atoms with Crippen molar-refractivity contribution in [3.05, 3.63) is 85.0 Å². The Kier molecular flexibility index (Phi) is 4.08. The first-order valence-corrected chi connectivity index (χ1v) is 10.1. The van der Waals surface area contributed by atoms with Crippen molar-refractivity contribution < 1.29 is 4.79 Å². The number of aromatic nitrogens is 3. The smallest absolute Gasteiger partial charge is 0.329 e. The van der Waals surface area contributed by atoms with Gasteiger partial charge in [-0.2, -0.15) is 0 Å². The average molecular weight is 465 g/mol. The highest BCUT2D eigenvalue weighted by molar-refractivity contribution is 9.10. The summed E-state index contributed by atoms with van der Waals surface area (Å²) >= 11 is 3.44. The zero-order valence-electron chi connectivity index (χ0n) is 16.2. The summed E-state index contributed by atoms with van der Waals surface area (Å²) in [5.41, 5.74) is 3.04. The maximum Gasteiger partial charge on any atom is 0.329 e. The van der Waals surface area contributed by atoms with E-state index in [1.54, 1.807) is 19.0 Å². The monoisotopic (exact) mass is 464 g/mol. The van der Waals surface area contributed by atoms with Crippen molar-refractivity contribution in [2.45, 2.75) is 5.92 Å². The second kappa shape index (κ2) is 6.56. The largest absolute Gasteiger partial charge is 0.340 e. The number of rotatable bonds is 2. The van der Waals surface area contributed by atoms with Crippen LogP contribution in [0.4, 0.5) is 5.69 Å². The molecule has 0 saturated carbocycles. The van der Waals surface area contributed by atoms with Crippen LogP contribution in [0.3, 0.4) is 0 Å². The molecule has 0 bridgehead atoms. The van der Waals surface area contributed by atoms with Crippen LogP contribution >= 0.6 is 15.9 Å². The van der Waals surface area contributed by atoms with Crippen LogP contribution in [-0.4, -0.2) is 27.5 Å². The average Bonchev–Trinajstić information content (AvgIpc) is 3.24. The van der Waals surface area contributed by atoms with E-state index in [0.29, 0.717) is 22.3 Å². The Morgan fingerprint density at radius 3 is 2.37 bits per heavy atom. The number of benzene rings is 2. The highest BCUT2D eigenvalue weighted by Gasteiger charge is 2.40. The van der Waals surface area contributed by atoms with Crippen LogP contribution in [0.15, 0.2) is 62.6 Å². The number of aromatic amines is 2. The molecule has 1 aliphatic rings. The molecule has 3 heterocycles. The molecule has 1 amide bonds. The van der Waals surface area contributed by atoms with Gasteiger partial charge in [0.05, 0.1) is 17.0 Å². The number of H-pyrrole nitrogens is 2. The van der Waals surface area contributed by atoms with Gasteiger partial charge in [-0.3, -0.25) is 19.1 Å². The Morgan fingerprint density at radius 2 is 1.63 bits per heavy atom. The third kappa shape index (κ3) is 2.53. The number of aryl methyl sites for hydroxylation is 1. The summed E-state index contributed by atoms with van der Waals surface area (Å²) in [5.74, 6) is -0.777. The van der Waals surface area contributed by atoms with Gasteiger partial charge in [0.15, 0.2) is 0 Å². The number of fused-ring (bicyclic) bond motifs is 2. The molecule has 0 fully saturated rings. The lowest BCUT2D eigenvalue weighted by molar-refractivity contribution is -0.118. The summed E-state index contributed by atoms with van der Waals surface area (Å²) < 4.78 is 2.27. The van der Waals surface area contributed by atoms with Crippen LogP contribution in [-0.2, 0) is 11.8 Å². The van der Waals surface area contributed by atoms with Gasteiger partial charge in [0, 0.05) is 29.8 Å². The van der Waals surface area contributed by atoms with Crippen LogP contribution in [0.25, 0.3) is 22.3 Å². The zero-order chi connectivity index (χ0) is 21.2. The van der Waals surface area contributed by atoms with Crippen LogP contribution < -0.4 is 16.1 Å². The minimum Gasteiger partial charge on any atom is -0.340 e. The van der Waals surface area contributed by atoms with Gasteiger partial charge in [-0.15, -0.1) is 0 Å². The summed E-state index contributed by atoms with van der Waals surface area (Å²) in [4.78, 5) is 45.7. The fourth-order valence-electron chi connectivity index (χ4n) is 4.22. The Morgan fingerprint density at radius 1 is 0.933 bits per heavy atom. The molecule has 1 atom stereocenters. The van der Waals surface area contributed by atoms with Crippen molar-refractivity contribution in [3.63, 3.8) is 0 Å². The van der Waals surface area contributed by atoms with Crippen molar-refractivity contribution in [1.29, 1.82) is 0 Å². The SMILES string of the molecule is CN1C(=O)C(c2c(-c3ccc(Br)cc3)[nH]c3c2c(=O)[nH]c(=O)n3C)c2ccccc21. The number of amides is 1. The minimum atomic E-state index is -0.655. The van der Waals surface area contributed by atoms with E-state index < -0.39 is 17.2 Å². The molecule has 150 valence electrons. The highest BCUT2D eigenvalue weighted by Crippen LogP contribution is 2.45. The lowest BCUT2D eigenvalue weighted by Crippen LogP contribution is -2.29. The molecular formula is C22H17BrN4O3. The molecule has 0 radical (unpaired) electrons. The molecule has 0 aliphatic carbocycles. The van der Waals surface area contributed by atoms with Gasteiger partial charge >= 0.3 is 5.69 Å². The number of likely N-dealkylation sites (N-methyl/N-ethyl adjacent to an activating group) is 1. The third-order valence-electron chi connectivity index (χ3n) is 5.71. The summed E-state index contributed by atoms with van der Waals surface area (Å²) in [6.07, 6.45) is 0. The molecule has 5 rings (SSSR count). The molecular weight excluding hydrogens is 448 g/mol. The fourth-order valence-corrected chi connectivity index (χ4v) is 4.49. The highest BCUT2D eigenvalue weighted by atomic mass is 79.9. The Labute approximate surface area is 179 Å². The van der Waals surface area contributed by atoms with Crippen molar-refractivity contribution in [2.75, 3.05) is 11.9 Å². The Bertz CT molecular complexity index is 1450. The van der Waals surface area contributed by atoms with Crippen LogP contribution in [0.5, 0.6) is 0 Å². The molecule has 2 aromatic heterocycles. The quantitative estimate of drug-likeness (QED) is 0.477. The topological polar surface area (TPSA) is 91.0 Å². The predicted octanol–water partition coefficient (Wildman–Crippen LogP) is 3.09. The van der Waals surface area contributed by atoms with Crippen molar-refractivity contribution in [2.24, 2.45) is 7.05 Å². The zero-order valence-corrected chi connectivity index (χ0v) is 17.8. The van der Waals surface area contributed by atoms with Gasteiger partial charge < -0.3 is 9.88 Å². The van der Waals surface area contributed by atoms with Gasteiger partial charge in [0.1, 0.15) is 5.65 Å². The van der Waals surface area contributed by atoms with E-state index in [-0.39, 0.29) is 5.91 Å². The Hall–Kier alpha value is -3.39. The summed E-state index contributed by atoms with van der Waals surface area (Å²) in [7, 11) is 3.32. The first kappa shape index (κ1) is 18.6. The lowest BCUT2D eigenvalue weighted by Gasteiger charge is -2.13. The van der Waals surface area contributed by atoms with Crippen LogP contribution in [0, 0.1) is 0 Å². The molecule has 1 aliphatic heterocycles. The minimum absolute atomic E-state index is 0.122. The van der Waals surface area contributed by atoms with E-state index in [9.17, 15) is 14.4 Å². The van der Waals surface area contributed by atoms with E-state index in [1.165, 1.54) is 4.57 Å². The number of carbonyl (C=O) groups excluding carboxylic acids is 1. The number of hydrogen-bond donors (Lipinski definition) is 2. The number of halogens is 1. The standard InChI is InChI=1S/C22H17BrN4O3/c1-26-14-6-4-3-5-13(14)15(21(26)29)16-17-19(27(2)22(30)25-20(17)28)24-18(16)11-7-9-12(23)10-8-11/h3-10,15,24H,1-2H3,(H,25,28,30). The van der Waals surface area contributed by atoms with Crippen LogP contribution in [0.1, 0.15) is 17.0 Å². The third-order valence-corrected chi connectivity index (χ3v) is 6.24. The van der Waals surface area contributed by atoms with Crippen molar-refractivity contribution >= 4 is 38.6 Å². The molecule has 8 heteroatoms. The second-order valence-electron chi connectivity index (χ2n) is 7.35. The van der Waals surface area contributed by atoms with Crippen molar-refractivity contribution in [3.8, 4) is 11.3 Å². The van der Waals surface area contributed by atoms with Gasteiger partial charge in [0.2, 0.25) is 5.91 Å². The number of nitrogens with zero attached hydrogens (tertiary/aromatic N) is 2. The van der Waals surface area contributed by atoms with Gasteiger partial charge in [-0.05, 0) is 29.3 Å². The molecule has 4 aromatic rings. The molecule has 2 N–H and O–H groups in total. The molecule has 2 aromatic carbocycles. The lowest BCUT2D eigenvalue weighted by atomic mass is 9.89. The predicted molar refractivity (Wildman–Crippen MR) is 119 cm³/mol. The molecule has 7 nitrogen and oxygen atoms in total. The molecule has 0 saturated heterocycles.